The standard InChI is InChI=1S/C16H18N2O3/c1-10-11(2)18-15(9-17-10)14(16(19)20)8-12-5-4-6-13(7-12)21-3/h4-7,9,14H,8H2,1-3H3,(H,19,20). The zero-order chi connectivity index (χ0) is 15.4. The van der Waals surface area contributed by atoms with Crippen molar-refractivity contribution >= 4 is 5.97 Å². The molecule has 110 valence electrons. The van der Waals surface area contributed by atoms with Crippen LogP contribution >= 0.6 is 0 Å². The number of ether oxygens (including phenoxy) is 1. The zero-order valence-corrected chi connectivity index (χ0v) is 12.3. The number of carbonyl (C=O) groups is 1. The molecule has 2 aromatic rings. The SMILES string of the molecule is COc1cccc(CC(C(=O)O)c2cnc(C)c(C)n2)c1. The monoisotopic (exact) mass is 286 g/mol. The number of methoxy groups -OCH3 is 1. The fourth-order valence-electron chi connectivity index (χ4n) is 2.08. The lowest BCUT2D eigenvalue weighted by Crippen LogP contribution is -2.17. The first-order chi connectivity index (χ1) is 10.0. The second kappa shape index (κ2) is 6.35. The molecular formula is C16H18N2O3. The molecule has 5 nitrogen and oxygen atoms in total. The van der Waals surface area contributed by atoms with Gasteiger partial charge in [0.1, 0.15) is 11.7 Å². The summed E-state index contributed by atoms with van der Waals surface area (Å²) in [6.45, 7) is 3.68. The number of hydrogen-bond acceptors (Lipinski definition) is 4. The van der Waals surface area contributed by atoms with Crippen molar-refractivity contribution in [3.05, 3.63) is 53.1 Å². The van der Waals surface area contributed by atoms with Gasteiger partial charge in [-0.2, -0.15) is 0 Å². The van der Waals surface area contributed by atoms with Crippen LogP contribution < -0.4 is 4.74 Å². The first-order valence-electron chi connectivity index (χ1n) is 6.67. The highest BCUT2D eigenvalue weighted by Gasteiger charge is 2.23. The van der Waals surface area contributed by atoms with Crippen molar-refractivity contribution in [2.75, 3.05) is 7.11 Å². The molecule has 2 rings (SSSR count). The second-order valence-electron chi connectivity index (χ2n) is 4.91. The molecule has 1 N–H and O–H groups in total. The largest absolute Gasteiger partial charge is 0.497 e. The van der Waals surface area contributed by atoms with Gasteiger partial charge in [-0.3, -0.25) is 14.8 Å². The van der Waals surface area contributed by atoms with Crippen LogP contribution in [0.25, 0.3) is 0 Å². The molecule has 1 unspecified atom stereocenters. The summed E-state index contributed by atoms with van der Waals surface area (Å²) >= 11 is 0. The van der Waals surface area contributed by atoms with E-state index in [-0.39, 0.29) is 0 Å². The zero-order valence-electron chi connectivity index (χ0n) is 12.3. The molecule has 1 heterocycles. The predicted octanol–water partition coefficient (Wildman–Crippen LogP) is 2.51. The van der Waals surface area contributed by atoms with E-state index in [0.29, 0.717) is 17.9 Å². The Labute approximate surface area is 123 Å². The molecule has 0 aliphatic heterocycles. The molecule has 0 saturated heterocycles. The maximum absolute atomic E-state index is 11.6. The van der Waals surface area contributed by atoms with Crippen LogP contribution in [0.1, 0.15) is 28.6 Å². The van der Waals surface area contributed by atoms with Crippen LogP contribution in [0.3, 0.4) is 0 Å². The van der Waals surface area contributed by atoms with Gasteiger partial charge < -0.3 is 9.84 Å². The smallest absolute Gasteiger partial charge is 0.312 e. The third kappa shape index (κ3) is 3.56. The number of aromatic nitrogens is 2. The van der Waals surface area contributed by atoms with E-state index in [1.54, 1.807) is 13.3 Å². The highest BCUT2D eigenvalue weighted by atomic mass is 16.5. The Balaban J connectivity index is 2.30. The summed E-state index contributed by atoms with van der Waals surface area (Å²) in [5.74, 6) is -0.915. The Hall–Kier alpha value is -2.43. The lowest BCUT2D eigenvalue weighted by Gasteiger charge is -2.13. The van der Waals surface area contributed by atoms with Crippen LogP contribution in [-0.4, -0.2) is 28.2 Å². The van der Waals surface area contributed by atoms with E-state index >= 15 is 0 Å². The van der Waals surface area contributed by atoms with Crippen molar-refractivity contribution in [1.29, 1.82) is 0 Å². The van der Waals surface area contributed by atoms with Gasteiger partial charge in [0.15, 0.2) is 0 Å². The molecule has 21 heavy (non-hydrogen) atoms. The minimum absolute atomic E-state index is 0.351. The first-order valence-corrected chi connectivity index (χ1v) is 6.67. The van der Waals surface area contributed by atoms with Crippen molar-refractivity contribution < 1.29 is 14.6 Å². The van der Waals surface area contributed by atoms with E-state index in [1.807, 2.05) is 38.1 Å². The molecule has 0 amide bonds. The Morgan fingerprint density at radius 1 is 1.33 bits per heavy atom. The van der Waals surface area contributed by atoms with Gasteiger partial charge in [-0.05, 0) is 38.0 Å². The minimum atomic E-state index is -0.907. The van der Waals surface area contributed by atoms with Gasteiger partial charge in [0.25, 0.3) is 0 Å². The Kier molecular flexibility index (Phi) is 4.52. The van der Waals surface area contributed by atoms with E-state index in [9.17, 15) is 9.90 Å². The highest BCUT2D eigenvalue weighted by molar-refractivity contribution is 5.75. The molecule has 5 heteroatoms. The number of aryl methyl sites for hydroxylation is 2. The van der Waals surface area contributed by atoms with Crippen molar-refractivity contribution in [3.63, 3.8) is 0 Å². The van der Waals surface area contributed by atoms with Crippen molar-refractivity contribution in [2.45, 2.75) is 26.2 Å². The van der Waals surface area contributed by atoms with Crippen molar-refractivity contribution in [1.82, 2.24) is 9.97 Å². The molecule has 0 spiro atoms. The van der Waals surface area contributed by atoms with Gasteiger partial charge in [-0.1, -0.05) is 12.1 Å². The maximum Gasteiger partial charge on any atom is 0.312 e. The summed E-state index contributed by atoms with van der Waals surface area (Å²) in [5.41, 5.74) is 2.93. The fraction of sp³-hybridized carbons (Fsp3) is 0.312. The van der Waals surface area contributed by atoms with Crippen LogP contribution in [0.5, 0.6) is 5.75 Å². The topological polar surface area (TPSA) is 72.3 Å². The molecule has 1 atom stereocenters. The molecule has 0 saturated carbocycles. The van der Waals surface area contributed by atoms with Gasteiger partial charge in [0.05, 0.1) is 24.2 Å². The van der Waals surface area contributed by atoms with Crippen LogP contribution in [0.2, 0.25) is 0 Å². The lowest BCUT2D eigenvalue weighted by molar-refractivity contribution is -0.138. The average molecular weight is 286 g/mol. The summed E-state index contributed by atoms with van der Waals surface area (Å²) < 4.78 is 5.16. The van der Waals surface area contributed by atoms with E-state index in [4.69, 9.17) is 4.74 Å². The third-order valence-corrected chi connectivity index (χ3v) is 3.44. The molecule has 0 radical (unpaired) electrons. The number of rotatable bonds is 5. The van der Waals surface area contributed by atoms with Gasteiger partial charge in [-0.25, -0.2) is 0 Å². The number of benzene rings is 1. The molecule has 1 aromatic carbocycles. The van der Waals surface area contributed by atoms with Crippen molar-refractivity contribution in [2.24, 2.45) is 0 Å². The average Bonchev–Trinajstić information content (AvgIpc) is 2.47. The van der Waals surface area contributed by atoms with Gasteiger partial charge in [-0.15, -0.1) is 0 Å². The van der Waals surface area contributed by atoms with Gasteiger partial charge in [0.2, 0.25) is 0 Å². The number of hydrogen-bond donors (Lipinski definition) is 1. The quantitative estimate of drug-likeness (QED) is 0.914. The predicted molar refractivity (Wildman–Crippen MR) is 78.6 cm³/mol. The summed E-state index contributed by atoms with van der Waals surface area (Å²) in [6, 6.07) is 7.39. The number of carboxylic acid groups (broad SMARTS) is 1. The molecule has 0 bridgehead atoms. The summed E-state index contributed by atoms with van der Waals surface area (Å²) in [4.78, 5) is 20.1. The summed E-state index contributed by atoms with van der Waals surface area (Å²) in [7, 11) is 1.59. The van der Waals surface area contributed by atoms with Gasteiger partial charge >= 0.3 is 5.97 Å². The second-order valence-corrected chi connectivity index (χ2v) is 4.91. The number of nitrogens with zero attached hydrogens (tertiary/aromatic N) is 2. The maximum atomic E-state index is 11.6. The van der Waals surface area contributed by atoms with Crippen LogP contribution in [0.4, 0.5) is 0 Å². The minimum Gasteiger partial charge on any atom is -0.497 e. The Bertz CT molecular complexity index is 656. The molecule has 0 aliphatic carbocycles. The summed E-state index contributed by atoms with van der Waals surface area (Å²) in [6.07, 6.45) is 1.89. The van der Waals surface area contributed by atoms with E-state index in [2.05, 4.69) is 9.97 Å². The summed E-state index contributed by atoms with van der Waals surface area (Å²) in [5, 5.41) is 9.48. The van der Waals surface area contributed by atoms with Crippen LogP contribution in [0.15, 0.2) is 30.5 Å². The molecular weight excluding hydrogens is 268 g/mol. The van der Waals surface area contributed by atoms with Crippen LogP contribution in [-0.2, 0) is 11.2 Å². The first kappa shape index (κ1) is 15.0. The van der Waals surface area contributed by atoms with E-state index < -0.39 is 11.9 Å². The van der Waals surface area contributed by atoms with Crippen molar-refractivity contribution in [3.8, 4) is 5.75 Å². The van der Waals surface area contributed by atoms with Gasteiger partial charge in [0, 0.05) is 6.20 Å². The van der Waals surface area contributed by atoms with E-state index in [1.165, 1.54) is 0 Å². The number of carboxylic acids is 1. The molecule has 0 fully saturated rings. The number of aliphatic carboxylic acids is 1. The lowest BCUT2D eigenvalue weighted by atomic mass is 9.96. The third-order valence-electron chi connectivity index (χ3n) is 3.44. The normalized spacial score (nSPS) is 12.0. The Morgan fingerprint density at radius 3 is 2.71 bits per heavy atom. The van der Waals surface area contributed by atoms with Crippen LogP contribution in [0, 0.1) is 13.8 Å². The fourth-order valence-corrected chi connectivity index (χ4v) is 2.08. The van der Waals surface area contributed by atoms with E-state index in [0.717, 1.165) is 17.0 Å². The molecule has 0 aliphatic rings. The Morgan fingerprint density at radius 2 is 2.10 bits per heavy atom. The highest BCUT2D eigenvalue weighted by Crippen LogP contribution is 2.22. The molecule has 1 aromatic heterocycles.